The Bertz CT molecular complexity index is 441. The van der Waals surface area contributed by atoms with Crippen molar-refractivity contribution in [2.75, 3.05) is 39.1 Å². The van der Waals surface area contributed by atoms with Crippen molar-refractivity contribution in [3.63, 3.8) is 0 Å². The Morgan fingerprint density at radius 3 is 2.55 bits per heavy atom. The van der Waals surface area contributed by atoms with E-state index in [4.69, 9.17) is 0 Å². The van der Waals surface area contributed by atoms with Crippen LogP contribution in [-0.4, -0.2) is 45.2 Å². The molecule has 20 heavy (non-hydrogen) atoms. The fourth-order valence-corrected chi connectivity index (χ4v) is 2.90. The van der Waals surface area contributed by atoms with E-state index in [1.54, 1.807) is 19.0 Å². The first-order chi connectivity index (χ1) is 9.52. The maximum Gasteiger partial charge on any atom is 0.149 e. The zero-order chi connectivity index (χ0) is 14.7. The molecule has 5 heteroatoms. The zero-order valence-corrected chi connectivity index (χ0v) is 12.4. The molecule has 0 aliphatic carbocycles. The summed E-state index contributed by atoms with van der Waals surface area (Å²) in [7, 11) is 5.58. The highest BCUT2D eigenvalue weighted by atomic mass is 19.1. The SMILES string of the molecule is CNCc1cc(F)c(N(C)C2CCCN(C)C2)c(F)c1. The van der Waals surface area contributed by atoms with Crippen LogP contribution in [0.4, 0.5) is 14.5 Å². The van der Waals surface area contributed by atoms with Gasteiger partial charge in [0, 0.05) is 26.2 Å². The Hall–Kier alpha value is -1.20. The summed E-state index contributed by atoms with van der Waals surface area (Å²) >= 11 is 0. The number of hydrogen-bond acceptors (Lipinski definition) is 3. The summed E-state index contributed by atoms with van der Waals surface area (Å²) in [4.78, 5) is 3.96. The van der Waals surface area contributed by atoms with Crippen molar-refractivity contribution in [2.45, 2.75) is 25.4 Å². The van der Waals surface area contributed by atoms with Crippen molar-refractivity contribution in [3.8, 4) is 0 Å². The van der Waals surface area contributed by atoms with Gasteiger partial charge in [0.05, 0.1) is 0 Å². The number of benzene rings is 1. The standard InChI is InChI=1S/C15H23F2N3/c1-18-9-11-7-13(16)15(14(17)8-11)20(3)12-5-4-6-19(2)10-12/h7-8,12,18H,4-6,9-10H2,1-3H3. The number of piperidine rings is 1. The molecule has 0 spiro atoms. The zero-order valence-electron chi connectivity index (χ0n) is 12.4. The van der Waals surface area contributed by atoms with E-state index in [-0.39, 0.29) is 11.7 Å². The smallest absolute Gasteiger partial charge is 0.149 e. The summed E-state index contributed by atoms with van der Waals surface area (Å²) in [5, 5.41) is 2.90. The molecule has 0 radical (unpaired) electrons. The summed E-state index contributed by atoms with van der Waals surface area (Å²) in [6, 6.07) is 2.99. The van der Waals surface area contributed by atoms with Gasteiger partial charge in [-0.2, -0.15) is 0 Å². The second-order valence-corrected chi connectivity index (χ2v) is 5.61. The molecule has 1 aliphatic heterocycles. The molecule has 0 bridgehead atoms. The Morgan fingerprint density at radius 2 is 2.00 bits per heavy atom. The molecule has 1 aromatic carbocycles. The van der Waals surface area contributed by atoms with Gasteiger partial charge in [-0.05, 0) is 51.2 Å². The van der Waals surface area contributed by atoms with Crippen molar-refractivity contribution in [1.82, 2.24) is 10.2 Å². The van der Waals surface area contributed by atoms with Crippen molar-refractivity contribution in [2.24, 2.45) is 0 Å². The second kappa shape index (κ2) is 6.50. The molecule has 0 saturated carbocycles. The number of likely N-dealkylation sites (tertiary alicyclic amines) is 1. The van der Waals surface area contributed by atoms with Gasteiger partial charge in [-0.25, -0.2) is 8.78 Å². The van der Waals surface area contributed by atoms with Crippen LogP contribution >= 0.6 is 0 Å². The maximum absolute atomic E-state index is 14.2. The number of hydrogen-bond donors (Lipinski definition) is 1. The molecule has 112 valence electrons. The third-order valence-electron chi connectivity index (χ3n) is 3.96. The lowest BCUT2D eigenvalue weighted by Gasteiger charge is -2.37. The minimum atomic E-state index is -0.481. The van der Waals surface area contributed by atoms with Crippen LogP contribution in [0.1, 0.15) is 18.4 Å². The average Bonchev–Trinajstić information content (AvgIpc) is 2.38. The molecule has 1 aromatic rings. The van der Waals surface area contributed by atoms with Crippen LogP contribution in [0.25, 0.3) is 0 Å². The van der Waals surface area contributed by atoms with Crippen LogP contribution < -0.4 is 10.2 Å². The first kappa shape index (κ1) is 15.2. The molecule has 3 nitrogen and oxygen atoms in total. The van der Waals surface area contributed by atoms with E-state index < -0.39 is 11.6 Å². The maximum atomic E-state index is 14.2. The van der Waals surface area contributed by atoms with E-state index in [9.17, 15) is 8.78 Å². The highest BCUT2D eigenvalue weighted by Crippen LogP contribution is 2.28. The molecule has 1 saturated heterocycles. The lowest BCUT2D eigenvalue weighted by Crippen LogP contribution is -2.45. The van der Waals surface area contributed by atoms with Gasteiger partial charge in [-0.1, -0.05) is 0 Å². The van der Waals surface area contributed by atoms with E-state index in [1.165, 1.54) is 12.1 Å². The van der Waals surface area contributed by atoms with Crippen LogP contribution in [0.2, 0.25) is 0 Å². The lowest BCUT2D eigenvalue weighted by atomic mass is 10.0. The molecule has 0 aromatic heterocycles. The number of likely N-dealkylation sites (N-methyl/N-ethyl adjacent to an activating group) is 2. The largest absolute Gasteiger partial charge is 0.366 e. The predicted octanol–water partition coefficient (Wildman–Crippen LogP) is 2.21. The number of nitrogens with zero attached hydrogens (tertiary/aromatic N) is 2. The van der Waals surface area contributed by atoms with E-state index in [0.717, 1.165) is 25.9 Å². The lowest BCUT2D eigenvalue weighted by molar-refractivity contribution is 0.247. The molecule has 1 N–H and O–H groups in total. The van der Waals surface area contributed by atoms with Gasteiger partial charge in [0.1, 0.15) is 17.3 Å². The quantitative estimate of drug-likeness (QED) is 0.914. The van der Waals surface area contributed by atoms with Crippen LogP contribution in [0.3, 0.4) is 0 Å². The Balaban J connectivity index is 2.22. The van der Waals surface area contributed by atoms with E-state index in [1.807, 2.05) is 7.05 Å². The van der Waals surface area contributed by atoms with Gasteiger partial charge in [0.15, 0.2) is 0 Å². The van der Waals surface area contributed by atoms with Gasteiger partial charge in [-0.3, -0.25) is 0 Å². The van der Waals surface area contributed by atoms with Gasteiger partial charge < -0.3 is 15.1 Å². The topological polar surface area (TPSA) is 18.5 Å². The Kier molecular flexibility index (Phi) is 4.94. The molecule has 1 heterocycles. The normalized spacial score (nSPS) is 20.1. The van der Waals surface area contributed by atoms with Crippen molar-refractivity contribution >= 4 is 5.69 Å². The fourth-order valence-electron chi connectivity index (χ4n) is 2.90. The van der Waals surface area contributed by atoms with Crippen LogP contribution in [0.15, 0.2) is 12.1 Å². The summed E-state index contributed by atoms with van der Waals surface area (Å²) in [5.74, 6) is -0.961. The fraction of sp³-hybridized carbons (Fsp3) is 0.600. The average molecular weight is 283 g/mol. The molecule has 0 amide bonds. The van der Waals surface area contributed by atoms with Gasteiger partial charge in [-0.15, -0.1) is 0 Å². The summed E-state index contributed by atoms with van der Waals surface area (Å²) in [5.41, 5.74) is 0.713. The molecule has 1 aliphatic rings. The number of anilines is 1. The molecule has 1 unspecified atom stereocenters. The van der Waals surface area contributed by atoms with Crippen LogP contribution in [0, 0.1) is 11.6 Å². The second-order valence-electron chi connectivity index (χ2n) is 5.61. The first-order valence-electron chi connectivity index (χ1n) is 7.06. The minimum Gasteiger partial charge on any atom is -0.366 e. The summed E-state index contributed by atoms with van der Waals surface area (Å²) in [6.07, 6.45) is 2.03. The highest BCUT2D eigenvalue weighted by molar-refractivity contribution is 5.51. The van der Waals surface area contributed by atoms with E-state index in [2.05, 4.69) is 10.2 Å². The third-order valence-corrected chi connectivity index (χ3v) is 3.96. The van der Waals surface area contributed by atoms with Gasteiger partial charge >= 0.3 is 0 Å². The van der Waals surface area contributed by atoms with Crippen molar-refractivity contribution < 1.29 is 8.78 Å². The number of rotatable bonds is 4. The minimum absolute atomic E-state index is 0.0881. The van der Waals surface area contributed by atoms with E-state index >= 15 is 0 Å². The van der Waals surface area contributed by atoms with Crippen molar-refractivity contribution in [1.29, 1.82) is 0 Å². The Labute approximate surface area is 119 Å². The molecule has 1 atom stereocenters. The highest BCUT2D eigenvalue weighted by Gasteiger charge is 2.25. The van der Waals surface area contributed by atoms with Gasteiger partial charge in [0.2, 0.25) is 0 Å². The monoisotopic (exact) mass is 283 g/mol. The first-order valence-corrected chi connectivity index (χ1v) is 7.06. The third kappa shape index (κ3) is 3.27. The predicted molar refractivity (Wildman–Crippen MR) is 78.0 cm³/mol. The Morgan fingerprint density at radius 1 is 1.35 bits per heavy atom. The molecular weight excluding hydrogens is 260 g/mol. The molecular formula is C15H23F2N3. The number of halogens is 2. The molecule has 1 fully saturated rings. The van der Waals surface area contributed by atoms with E-state index in [0.29, 0.717) is 12.1 Å². The van der Waals surface area contributed by atoms with Crippen molar-refractivity contribution in [3.05, 3.63) is 29.3 Å². The van der Waals surface area contributed by atoms with Crippen LogP contribution in [-0.2, 0) is 6.54 Å². The van der Waals surface area contributed by atoms with Crippen LogP contribution in [0.5, 0.6) is 0 Å². The summed E-state index contributed by atoms with van der Waals surface area (Å²) < 4.78 is 28.4. The molecule has 2 rings (SSSR count). The van der Waals surface area contributed by atoms with Gasteiger partial charge in [0.25, 0.3) is 0 Å². The number of nitrogens with one attached hydrogen (secondary N) is 1. The summed E-state index contributed by atoms with van der Waals surface area (Å²) in [6.45, 7) is 2.36.